The fourth-order valence-corrected chi connectivity index (χ4v) is 7.59. The van der Waals surface area contributed by atoms with Gasteiger partial charge in [-0.25, -0.2) is 4.98 Å². The number of amides is 2. The summed E-state index contributed by atoms with van der Waals surface area (Å²) in [6, 6.07) is 18.2. The number of anilines is 1. The van der Waals surface area contributed by atoms with Crippen molar-refractivity contribution in [2.75, 3.05) is 5.32 Å². The average molecular weight is 660 g/mol. The largest absolute Gasteiger partial charge is 0.469 e. The van der Waals surface area contributed by atoms with Gasteiger partial charge in [0.05, 0.1) is 0 Å². The first-order chi connectivity index (χ1) is 23.6. The van der Waals surface area contributed by atoms with Crippen molar-refractivity contribution in [3.05, 3.63) is 101 Å². The van der Waals surface area contributed by atoms with Gasteiger partial charge in [0.1, 0.15) is 35.0 Å². The quantitative estimate of drug-likeness (QED) is 0.160. The van der Waals surface area contributed by atoms with E-state index in [4.69, 9.17) is 9.15 Å². The summed E-state index contributed by atoms with van der Waals surface area (Å²) in [5, 5.41) is 21.0. The second-order valence-electron chi connectivity index (χ2n) is 13.8. The molecule has 5 heterocycles. The SMILES string of the molecule is CC(C)C(O)C(=O)N[C@H]1Cc2ccc3c(c2)C2(c4cccc(-c5cccc6[nH]ccc56)c4NC2O3)c2oc(nc2C=O)[C@H](C(C)C)NC1=O. The first kappa shape index (κ1) is 30.9. The lowest BCUT2D eigenvalue weighted by molar-refractivity contribution is -0.135. The molecule has 250 valence electrons. The first-order valence-electron chi connectivity index (χ1n) is 16.6. The molecule has 11 heteroatoms. The highest BCUT2D eigenvalue weighted by Crippen LogP contribution is 2.60. The molecule has 5 aromatic rings. The van der Waals surface area contributed by atoms with Gasteiger partial charge in [-0.1, -0.05) is 70.2 Å². The van der Waals surface area contributed by atoms with Gasteiger partial charge < -0.3 is 35.2 Å². The van der Waals surface area contributed by atoms with E-state index in [9.17, 15) is 19.5 Å². The second-order valence-corrected chi connectivity index (χ2v) is 13.8. The van der Waals surface area contributed by atoms with Gasteiger partial charge in [0.2, 0.25) is 17.7 Å². The fraction of sp³-hybridized carbons (Fsp3) is 0.316. The molecule has 49 heavy (non-hydrogen) atoms. The number of carbonyl (C=O) groups excluding carboxylic acids is 3. The fourth-order valence-electron chi connectivity index (χ4n) is 7.59. The standard InChI is InChI=1S/C38H37N5O6/c1-18(2)30-36-41-28(17-44)33(49-36)38-24-9-5-8-23(21-7-6-10-26-22(21)13-14-39-26)31(24)43-37(38)48-29-12-11-20(15-25(29)38)16-27(34(46)42-30)40-35(47)32(45)19(3)4/h5-15,17-19,27,30,32,37,39,43,45H,16H2,1-4H3,(H,40,47)(H,42,46)/t27-,30-,32?,37?,38?/m0/s1. The molecular weight excluding hydrogens is 622 g/mol. The number of hydrogen-bond acceptors (Lipinski definition) is 8. The molecule has 5 N–H and O–H groups in total. The van der Waals surface area contributed by atoms with E-state index in [1.807, 2.05) is 62.5 Å². The van der Waals surface area contributed by atoms with Gasteiger partial charge in [-0.2, -0.15) is 0 Å². The Morgan fingerprint density at radius 2 is 1.84 bits per heavy atom. The van der Waals surface area contributed by atoms with Gasteiger partial charge in [0.15, 0.2) is 18.3 Å². The Morgan fingerprint density at radius 3 is 2.61 bits per heavy atom. The van der Waals surface area contributed by atoms with Crippen molar-refractivity contribution >= 4 is 34.7 Å². The third-order valence-corrected chi connectivity index (χ3v) is 10.1. The highest BCUT2D eigenvalue weighted by Gasteiger charge is 2.61. The molecule has 0 radical (unpaired) electrons. The van der Waals surface area contributed by atoms with E-state index in [-0.39, 0.29) is 29.8 Å². The molecular formula is C38H37N5O6. The third kappa shape index (κ3) is 4.59. The van der Waals surface area contributed by atoms with Crippen LogP contribution in [0, 0.1) is 11.8 Å². The molecule has 0 fully saturated rings. The highest BCUT2D eigenvalue weighted by molar-refractivity contribution is 6.00. The van der Waals surface area contributed by atoms with E-state index in [0.29, 0.717) is 17.8 Å². The predicted octanol–water partition coefficient (Wildman–Crippen LogP) is 4.98. The lowest BCUT2D eigenvalue weighted by Crippen LogP contribution is -2.52. The number of aliphatic hydroxyl groups is 1. The maximum Gasteiger partial charge on any atom is 0.249 e. The number of aldehydes is 1. The predicted molar refractivity (Wildman–Crippen MR) is 182 cm³/mol. The number of H-pyrrole nitrogens is 1. The minimum Gasteiger partial charge on any atom is -0.469 e. The molecule has 4 bridgehead atoms. The normalized spacial score (nSPS) is 22.8. The van der Waals surface area contributed by atoms with E-state index < -0.39 is 41.6 Å². The Hall–Kier alpha value is -5.42. The summed E-state index contributed by atoms with van der Waals surface area (Å²) in [6.45, 7) is 7.30. The van der Waals surface area contributed by atoms with E-state index in [1.54, 1.807) is 13.8 Å². The summed E-state index contributed by atoms with van der Waals surface area (Å²) in [6.07, 6.45) is 0.772. The lowest BCUT2D eigenvalue weighted by atomic mass is 9.72. The monoisotopic (exact) mass is 659 g/mol. The van der Waals surface area contributed by atoms with Crippen molar-refractivity contribution in [3.8, 4) is 16.9 Å². The molecule has 5 atom stereocenters. The van der Waals surface area contributed by atoms with Crippen molar-refractivity contribution in [2.45, 2.75) is 63.9 Å². The highest BCUT2D eigenvalue weighted by atomic mass is 16.5. The van der Waals surface area contributed by atoms with Crippen molar-refractivity contribution in [2.24, 2.45) is 11.8 Å². The van der Waals surface area contributed by atoms with E-state index in [0.717, 1.165) is 44.4 Å². The Morgan fingerprint density at radius 1 is 1.04 bits per heavy atom. The molecule has 0 aliphatic carbocycles. The van der Waals surface area contributed by atoms with Gasteiger partial charge in [0.25, 0.3) is 0 Å². The topological polar surface area (TPSA) is 159 Å². The van der Waals surface area contributed by atoms with Crippen LogP contribution in [0.3, 0.4) is 0 Å². The number of oxazole rings is 1. The zero-order chi connectivity index (χ0) is 34.2. The summed E-state index contributed by atoms with van der Waals surface area (Å²) >= 11 is 0. The number of nitrogens with one attached hydrogen (secondary N) is 4. The van der Waals surface area contributed by atoms with Crippen LogP contribution in [0.2, 0.25) is 0 Å². The van der Waals surface area contributed by atoms with E-state index in [2.05, 4.69) is 44.1 Å². The number of aromatic nitrogens is 2. The molecule has 3 aliphatic heterocycles. The number of aromatic amines is 1. The Kier molecular flexibility index (Phi) is 7.15. The average Bonchev–Trinajstić information content (AvgIpc) is 3.86. The second kappa shape index (κ2) is 11.3. The van der Waals surface area contributed by atoms with Crippen LogP contribution in [0.4, 0.5) is 5.69 Å². The number of ether oxygens (including phenoxy) is 1. The molecule has 0 saturated carbocycles. The minimum atomic E-state index is -1.29. The summed E-state index contributed by atoms with van der Waals surface area (Å²) < 4.78 is 13.3. The van der Waals surface area contributed by atoms with Gasteiger partial charge in [0, 0.05) is 45.9 Å². The summed E-state index contributed by atoms with van der Waals surface area (Å²) in [4.78, 5) is 47.8. The van der Waals surface area contributed by atoms with Crippen LogP contribution < -0.4 is 20.7 Å². The Labute approximate surface area is 282 Å². The number of rotatable bonds is 6. The van der Waals surface area contributed by atoms with Crippen LogP contribution >= 0.6 is 0 Å². The number of hydrogen-bond donors (Lipinski definition) is 5. The van der Waals surface area contributed by atoms with E-state index in [1.165, 1.54) is 0 Å². The van der Waals surface area contributed by atoms with Crippen LogP contribution in [0.1, 0.15) is 72.6 Å². The lowest BCUT2D eigenvalue weighted by Gasteiger charge is -2.29. The van der Waals surface area contributed by atoms with Crippen molar-refractivity contribution in [3.63, 3.8) is 0 Å². The molecule has 3 unspecified atom stereocenters. The maximum atomic E-state index is 13.9. The van der Waals surface area contributed by atoms with Crippen LogP contribution in [0.5, 0.6) is 5.75 Å². The zero-order valence-electron chi connectivity index (χ0n) is 27.5. The Balaban J connectivity index is 1.36. The number of aliphatic hydroxyl groups excluding tert-OH is 1. The van der Waals surface area contributed by atoms with Gasteiger partial charge in [-0.15, -0.1) is 0 Å². The van der Waals surface area contributed by atoms with Gasteiger partial charge in [-0.3, -0.25) is 14.4 Å². The number of fused-ring (bicyclic) bond motifs is 5. The molecule has 3 aromatic carbocycles. The van der Waals surface area contributed by atoms with E-state index >= 15 is 0 Å². The number of benzene rings is 3. The molecule has 0 saturated heterocycles. The number of para-hydroxylation sites is 1. The van der Waals surface area contributed by atoms with Crippen LogP contribution in [0.25, 0.3) is 22.0 Å². The van der Waals surface area contributed by atoms with Crippen LogP contribution in [-0.2, 0) is 21.4 Å². The molecule has 1 spiro atoms. The third-order valence-electron chi connectivity index (χ3n) is 10.1. The number of nitrogens with zero attached hydrogens (tertiary/aromatic N) is 1. The zero-order valence-corrected chi connectivity index (χ0v) is 27.5. The van der Waals surface area contributed by atoms with Crippen molar-refractivity contribution in [1.82, 2.24) is 20.6 Å². The smallest absolute Gasteiger partial charge is 0.249 e. The van der Waals surface area contributed by atoms with Crippen molar-refractivity contribution in [1.29, 1.82) is 0 Å². The molecule has 11 nitrogen and oxygen atoms in total. The van der Waals surface area contributed by atoms with Crippen LogP contribution in [0.15, 0.2) is 71.3 Å². The Bertz CT molecular complexity index is 2150. The number of carbonyl (C=O) groups is 3. The van der Waals surface area contributed by atoms with Gasteiger partial charge in [-0.05, 0) is 41.2 Å². The molecule has 3 aliphatic rings. The minimum absolute atomic E-state index is 0.110. The van der Waals surface area contributed by atoms with Gasteiger partial charge >= 0.3 is 0 Å². The van der Waals surface area contributed by atoms with Crippen LogP contribution in [-0.4, -0.2) is 51.5 Å². The van der Waals surface area contributed by atoms with Crippen molar-refractivity contribution < 1.29 is 28.6 Å². The maximum absolute atomic E-state index is 13.9. The summed E-state index contributed by atoms with van der Waals surface area (Å²) in [7, 11) is 0. The summed E-state index contributed by atoms with van der Waals surface area (Å²) in [5.74, 6) is -0.540. The summed E-state index contributed by atoms with van der Waals surface area (Å²) in [5.41, 5.74) is 5.19. The molecule has 2 aromatic heterocycles. The molecule has 2 amide bonds. The first-order valence-corrected chi connectivity index (χ1v) is 16.6. The molecule has 8 rings (SSSR count).